The molecule has 0 bridgehead atoms. The van der Waals surface area contributed by atoms with Gasteiger partial charge in [-0.05, 0) is 36.4 Å². The molecule has 2 aromatic carbocycles. The van der Waals surface area contributed by atoms with E-state index in [1.54, 1.807) is 6.07 Å². The third-order valence-electron chi connectivity index (χ3n) is 2.53. The molecule has 4 nitrogen and oxygen atoms in total. The van der Waals surface area contributed by atoms with Crippen LogP contribution in [0.15, 0.2) is 46.0 Å². The predicted octanol–water partition coefficient (Wildman–Crippen LogP) is 3.71. The van der Waals surface area contributed by atoms with Gasteiger partial charge in [0, 0.05) is 15.6 Å². The monoisotopic (exact) mass is 370 g/mol. The fourth-order valence-corrected chi connectivity index (χ4v) is 2.34. The van der Waals surface area contributed by atoms with Crippen LogP contribution in [0, 0.1) is 5.82 Å². The quantitative estimate of drug-likeness (QED) is 0.638. The van der Waals surface area contributed by atoms with Crippen molar-refractivity contribution in [1.29, 1.82) is 0 Å². The maximum Gasteiger partial charge on any atom is 0.271 e. The molecule has 7 heteroatoms. The van der Waals surface area contributed by atoms with Crippen molar-refractivity contribution in [1.82, 2.24) is 5.43 Å². The van der Waals surface area contributed by atoms with E-state index >= 15 is 0 Å². The van der Waals surface area contributed by atoms with Crippen molar-refractivity contribution < 1.29 is 14.3 Å². The lowest BCUT2D eigenvalue weighted by molar-refractivity contribution is 0.0955. The van der Waals surface area contributed by atoms with Crippen LogP contribution in [-0.2, 0) is 0 Å². The lowest BCUT2D eigenvalue weighted by Crippen LogP contribution is -2.17. The van der Waals surface area contributed by atoms with E-state index in [-0.39, 0.29) is 16.3 Å². The van der Waals surface area contributed by atoms with Crippen LogP contribution in [0.3, 0.4) is 0 Å². The normalized spacial score (nSPS) is 10.8. The summed E-state index contributed by atoms with van der Waals surface area (Å²) in [5.41, 5.74) is 2.88. The summed E-state index contributed by atoms with van der Waals surface area (Å²) in [6.45, 7) is 0. The molecule has 2 rings (SSSR count). The lowest BCUT2D eigenvalue weighted by Gasteiger charge is -2.03. The first-order valence-corrected chi connectivity index (χ1v) is 6.91. The molecule has 0 unspecified atom stereocenters. The minimum absolute atomic E-state index is 0.139. The summed E-state index contributed by atoms with van der Waals surface area (Å²) in [6.07, 6.45) is 1.26. The Hall–Kier alpha value is -1.92. The zero-order valence-electron chi connectivity index (χ0n) is 10.5. The predicted molar refractivity (Wildman–Crippen MR) is 82.3 cm³/mol. The minimum atomic E-state index is -0.494. The minimum Gasteiger partial charge on any atom is -0.506 e. The van der Waals surface area contributed by atoms with E-state index < -0.39 is 11.7 Å². The fraction of sp³-hybridized carbons (Fsp3) is 0. The van der Waals surface area contributed by atoms with Crippen molar-refractivity contribution in [3.63, 3.8) is 0 Å². The van der Waals surface area contributed by atoms with Gasteiger partial charge in [-0.25, -0.2) is 9.82 Å². The number of hydrazone groups is 1. The molecule has 0 radical (unpaired) electrons. The first-order chi connectivity index (χ1) is 9.97. The molecule has 108 valence electrons. The lowest BCUT2D eigenvalue weighted by atomic mass is 10.2. The Morgan fingerprint density at radius 3 is 2.67 bits per heavy atom. The molecule has 2 aromatic rings. The number of rotatable bonds is 3. The number of aromatic hydroxyl groups is 1. The van der Waals surface area contributed by atoms with E-state index in [9.17, 15) is 14.3 Å². The van der Waals surface area contributed by atoms with Crippen molar-refractivity contribution in [3.05, 3.63) is 62.8 Å². The Morgan fingerprint density at radius 2 is 2.00 bits per heavy atom. The largest absolute Gasteiger partial charge is 0.506 e. The van der Waals surface area contributed by atoms with Crippen LogP contribution < -0.4 is 5.43 Å². The molecule has 0 aliphatic heterocycles. The maximum atomic E-state index is 12.7. The zero-order valence-corrected chi connectivity index (χ0v) is 12.8. The van der Waals surface area contributed by atoms with Crippen LogP contribution >= 0.6 is 27.5 Å². The second-order valence-electron chi connectivity index (χ2n) is 4.03. The number of benzene rings is 2. The fourth-order valence-electron chi connectivity index (χ4n) is 1.51. The summed E-state index contributed by atoms with van der Waals surface area (Å²) in [6, 6.07) is 8.17. The first kappa shape index (κ1) is 15.5. The molecule has 0 saturated carbocycles. The summed E-state index contributed by atoms with van der Waals surface area (Å²) in [7, 11) is 0. The highest BCUT2D eigenvalue weighted by atomic mass is 79.9. The van der Waals surface area contributed by atoms with Crippen LogP contribution in [0.25, 0.3) is 0 Å². The highest BCUT2D eigenvalue weighted by Crippen LogP contribution is 2.30. The average molecular weight is 372 g/mol. The third-order valence-corrected chi connectivity index (χ3v) is 3.28. The van der Waals surface area contributed by atoms with Crippen molar-refractivity contribution >= 4 is 39.7 Å². The molecule has 2 N–H and O–H groups in total. The summed E-state index contributed by atoms with van der Waals surface area (Å²) >= 11 is 9.04. The second kappa shape index (κ2) is 6.69. The molecule has 0 fully saturated rings. The van der Waals surface area contributed by atoms with Crippen LogP contribution in [-0.4, -0.2) is 17.2 Å². The molecule has 1 amide bonds. The van der Waals surface area contributed by atoms with Gasteiger partial charge in [-0.3, -0.25) is 4.79 Å². The molecule has 21 heavy (non-hydrogen) atoms. The Kier molecular flexibility index (Phi) is 4.93. The average Bonchev–Trinajstić information content (AvgIpc) is 2.44. The molecular formula is C14H9BrClFN2O2. The SMILES string of the molecule is O=C(N/N=C/c1cc(Br)cc(Cl)c1O)c1ccc(F)cc1. The number of nitrogens with zero attached hydrogens (tertiary/aromatic N) is 1. The van der Waals surface area contributed by atoms with E-state index in [1.807, 2.05) is 0 Å². The van der Waals surface area contributed by atoms with E-state index in [0.717, 1.165) is 0 Å². The Bertz CT molecular complexity index is 705. The molecule has 0 spiro atoms. The van der Waals surface area contributed by atoms with E-state index in [1.165, 1.54) is 36.5 Å². The summed E-state index contributed by atoms with van der Waals surface area (Å²) in [4.78, 5) is 11.7. The van der Waals surface area contributed by atoms with Gasteiger partial charge in [-0.2, -0.15) is 5.10 Å². The van der Waals surface area contributed by atoms with Crippen LogP contribution in [0.4, 0.5) is 4.39 Å². The highest BCUT2D eigenvalue weighted by molar-refractivity contribution is 9.10. The number of hydrogen-bond donors (Lipinski definition) is 2. The van der Waals surface area contributed by atoms with Gasteiger partial charge in [0.15, 0.2) is 0 Å². The number of nitrogens with one attached hydrogen (secondary N) is 1. The van der Waals surface area contributed by atoms with Gasteiger partial charge in [-0.1, -0.05) is 27.5 Å². The zero-order chi connectivity index (χ0) is 15.4. The van der Waals surface area contributed by atoms with Crippen LogP contribution in [0.5, 0.6) is 5.75 Å². The molecule has 0 heterocycles. The van der Waals surface area contributed by atoms with E-state index in [4.69, 9.17) is 11.6 Å². The second-order valence-corrected chi connectivity index (χ2v) is 5.35. The van der Waals surface area contributed by atoms with Gasteiger partial charge >= 0.3 is 0 Å². The number of amides is 1. The number of phenolic OH excluding ortho intramolecular Hbond substituents is 1. The van der Waals surface area contributed by atoms with Gasteiger partial charge in [0.25, 0.3) is 5.91 Å². The Labute approximate surface area is 133 Å². The number of carbonyl (C=O) groups excluding carboxylic acids is 1. The summed E-state index contributed by atoms with van der Waals surface area (Å²) in [5, 5.41) is 13.6. The summed E-state index contributed by atoms with van der Waals surface area (Å²) < 4.78 is 13.4. The Morgan fingerprint density at radius 1 is 1.33 bits per heavy atom. The molecule has 0 saturated heterocycles. The number of carbonyl (C=O) groups is 1. The number of phenols is 1. The molecule has 0 aliphatic carbocycles. The number of halogens is 3. The smallest absolute Gasteiger partial charge is 0.271 e. The van der Waals surface area contributed by atoms with Gasteiger partial charge in [-0.15, -0.1) is 0 Å². The first-order valence-electron chi connectivity index (χ1n) is 5.74. The van der Waals surface area contributed by atoms with Gasteiger partial charge in [0.05, 0.1) is 11.2 Å². The molecular weight excluding hydrogens is 363 g/mol. The summed E-state index contributed by atoms with van der Waals surface area (Å²) in [5.74, 6) is -1.06. The van der Waals surface area contributed by atoms with Gasteiger partial charge in [0.1, 0.15) is 11.6 Å². The van der Waals surface area contributed by atoms with Crippen molar-refractivity contribution in [2.75, 3.05) is 0 Å². The topological polar surface area (TPSA) is 61.7 Å². The van der Waals surface area contributed by atoms with Crippen LogP contribution in [0.2, 0.25) is 5.02 Å². The van der Waals surface area contributed by atoms with Gasteiger partial charge < -0.3 is 5.11 Å². The standard InChI is InChI=1S/C14H9BrClFN2O2/c15-10-5-9(13(20)12(16)6-10)7-18-19-14(21)8-1-3-11(17)4-2-8/h1-7,20H,(H,19,21)/b18-7+. The van der Waals surface area contributed by atoms with Gasteiger partial charge in [0.2, 0.25) is 0 Å². The maximum absolute atomic E-state index is 12.7. The van der Waals surface area contributed by atoms with Crippen LogP contribution in [0.1, 0.15) is 15.9 Å². The third kappa shape index (κ3) is 4.03. The molecule has 0 aliphatic rings. The van der Waals surface area contributed by atoms with E-state index in [0.29, 0.717) is 10.0 Å². The van der Waals surface area contributed by atoms with Crippen molar-refractivity contribution in [2.24, 2.45) is 5.10 Å². The van der Waals surface area contributed by atoms with E-state index in [2.05, 4.69) is 26.5 Å². The van der Waals surface area contributed by atoms with Crippen molar-refractivity contribution in [2.45, 2.75) is 0 Å². The number of hydrogen-bond acceptors (Lipinski definition) is 3. The van der Waals surface area contributed by atoms with Crippen molar-refractivity contribution in [3.8, 4) is 5.75 Å². The Balaban J connectivity index is 2.09. The molecule has 0 atom stereocenters. The molecule has 0 aromatic heterocycles. The highest BCUT2D eigenvalue weighted by Gasteiger charge is 2.07.